The average Bonchev–Trinajstić information content (AvgIpc) is 2.59. The second-order valence-electron chi connectivity index (χ2n) is 5.37. The van der Waals surface area contributed by atoms with Crippen LogP contribution in [-0.2, 0) is 0 Å². The van der Waals surface area contributed by atoms with Crippen LogP contribution in [-0.4, -0.2) is 58.8 Å². The zero-order valence-corrected chi connectivity index (χ0v) is 15.2. The van der Waals surface area contributed by atoms with Crippen molar-refractivity contribution >= 4 is 5.96 Å². The summed E-state index contributed by atoms with van der Waals surface area (Å²) in [6.07, 6.45) is 5.30. The van der Waals surface area contributed by atoms with E-state index < -0.39 is 0 Å². The van der Waals surface area contributed by atoms with E-state index in [1.54, 1.807) is 14.2 Å². The summed E-state index contributed by atoms with van der Waals surface area (Å²) in [5.74, 6) is 4.69. The molecular formula is C18H28N4O2. The molecule has 0 aliphatic carbocycles. The molecule has 1 aromatic carbocycles. The van der Waals surface area contributed by atoms with Gasteiger partial charge in [0.15, 0.2) is 17.5 Å². The number of methoxy groups -OCH3 is 2. The third-order valence-electron chi connectivity index (χ3n) is 3.54. The quantitative estimate of drug-likeness (QED) is 0.429. The van der Waals surface area contributed by atoms with Gasteiger partial charge in [0.25, 0.3) is 0 Å². The van der Waals surface area contributed by atoms with E-state index in [4.69, 9.17) is 15.9 Å². The van der Waals surface area contributed by atoms with Gasteiger partial charge in [0.1, 0.15) is 0 Å². The standard InChI is InChI=1S/C18H28N4O2/c1-7-11-20-18(19-8-2)21-13-15(22(3)4)14-9-10-16(23-5)17(12-14)24-6/h1,9-10,12,15H,8,11,13H2,2-6H3,(H2,19,20,21). The molecule has 0 bridgehead atoms. The molecule has 0 aromatic heterocycles. The molecule has 0 saturated carbocycles. The van der Waals surface area contributed by atoms with Crippen LogP contribution in [0.2, 0.25) is 0 Å². The molecule has 0 fully saturated rings. The van der Waals surface area contributed by atoms with Crippen LogP contribution in [0.5, 0.6) is 11.5 Å². The Hall–Kier alpha value is -2.39. The Bertz CT molecular complexity index is 579. The maximum absolute atomic E-state index is 5.40. The molecule has 6 nitrogen and oxygen atoms in total. The van der Waals surface area contributed by atoms with Crippen molar-refractivity contribution in [2.75, 3.05) is 47.9 Å². The maximum atomic E-state index is 5.40. The predicted molar refractivity (Wildman–Crippen MR) is 98.8 cm³/mol. The van der Waals surface area contributed by atoms with E-state index in [2.05, 4.69) is 26.4 Å². The van der Waals surface area contributed by atoms with Gasteiger partial charge in [-0.2, -0.15) is 0 Å². The normalized spacial score (nSPS) is 12.5. The van der Waals surface area contributed by atoms with Crippen molar-refractivity contribution in [3.05, 3.63) is 23.8 Å². The molecule has 1 unspecified atom stereocenters. The van der Waals surface area contributed by atoms with E-state index >= 15 is 0 Å². The first-order chi connectivity index (χ1) is 11.6. The van der Waals surface area contributed by atoms with Crippen LogP contribution in [0.1, 0.15) is 18.5 Å². The zero-order chi connectivity index (χ0) is 17.9. The predicted octanol–water partition coefficient (Wildman–Crippen LogP) is 1.49. The lowest BCUT2D eigenvalue weighted by molar-refractivity contribution is 0.303. The van der Waals surface area contributed by atoms with Gasteiger partial charge in [-0.1, -0.05) is 12.0 Å². The van der Waals surface area contributed by atoms with Gasteiger partial charge in [0.05, 0.1) is 33.4 Å². The number of aliphatic imine (C=N–C) groups is 1. The van der Waals surface area contributed by atoms with Crippen LogP contribution >= 0.6 is 0 Å². The Balaban J connectivity index is 3.00. The molecule has 0 heterocycles. The summed E-state index contributed by atoms with van der Waals surface area (Å²) in [4.78, 5) is 6.75. The fourth-order valence-corrected chi connectivity index (χ4v) is 2.28. The summed E-state index contributed by atoms with van der Waals surface area (Å²) >= 11 is 0. The summed E-state index contributed by atoms with van der Waals surface area (Å²) in [5, 5.41) is 6.28. The smallest absolute Gasteiger partial charge is 0.192 e. The largest absolute Gasteiger partial charge is 0.493 e. The molecule has 0 radical (unpaired) electrons. The van der Waals surface area contributed by atoms with E-state index in [1.807, 2.05) is 39.2 Å². The number of nitrogens with zero attached hydrogens (tertiary/aromatic N) is 2. The lowest BCUT2D eigenvalue weighted by Gasteiger charge is -2.24. The number of rotatable bonds is 8. The number of guanidine groups is 1. The highest BCUT2D eigenvalue weighted by atomic mass is 16.5. The van der Waals surface area contributed by atoms with Crippen molar-refractivity contribution in [3.63, 3.8) is 0 Å². The Morgan fingerprint density at radius 3 is 2.50 bits per heavy atom. The van der Waals surface area contributed by atoms with E-state index in [0.29, 0.717) is 30.5 Å². The van der Waals surface area contributed by atoms with Gasteiger partial charge in [-0.15, -0.1) is 6.42 Å². The number of nitrogens with one attached hydrogen (secondary N) is 2. The fourth-order valence-electron chi connectivity index (χ4n) is 2.28. The van der Waals surface area contributed by atoms with Crippen LogP contribution < -0.4 is 20.1 Å². The fraction of sp³-hybridized carbons (Fsp3) is 0.500. The van der Waals surface area contributed by atoms with Gasteiger partial charge < -0.3 is 25.0 Å². The van der Waals surface area contributed by atoms with Crippen LogP contribution in [0, 0.1) is 12.3 Å². The second kappa shape index (κ2) is 10.4. The molecule has 1 rings (SSSR count). The number of hydrogen-bond donors (Lipinski definition) is 2. The van der Waals surface area contributed by atoms with Crippen LogP contribution in [0.3, 0.4) is 0 Å². The zero-order valence-electron chi connectivity index (χ0n) is 15.2. The summed E-state index contributed by atoms with van der Waals surface area (Å²) in [6.45, 7) is 3.82. The van der Waals surface area contributed by atoms with Crippen molar-refractivity contribution in [2.45, 2.75) is 13.0 Å². The lowest BCUT2D eigenvalue weighted by atomic mass is 10.1. The molecule has 0 aliphatic rings. The van der Waals surface area contributed by atoms with E-state index in [9.17, 15) is 0 Å². The molecule has 0 saturated heterocycles. The van der Waals surface area contributed by atoms with Gasteiger partial charge in [0.2, 0.25) is 0 Å². The summed E-state index contributed by atoms with van der Waals surface area (Å²) in [5.41, 5.74) is 1.11. The van der Waals surface area contributed by atoms with Crippen molar-refractivity contribution in [2.24, 2.45) is 4.99 Å². The third-order valence-corrected chi connectivity index (χ3v) is 3.54. The topological polar surface area (TPSA) is 58.1 Å². The van der Waals surface area contributed by atoms with Gasteiger partial charge >= 0.3 is 0 Å². The Kier molecular flexibility index (Phi) is 8.52. The van der Waals surface area contributed by atoms with E-state index in [1.165, 1.54) is 0 Å². The highest BCUT2D eigenvalue weighted by molar-refractivity contribution is 5.80. The SMILES string of the molecule is C#CCNC(=NCC(c1ccc(OC)c(OC)c1)N(C)C)NCC. The molecule has 0 spiro atoms. The molecule has 2 N–H and O–H groups in total. The van der Waals surface area contributed by atoms with Crippen molar-refractivity contribution in [1.82, 2.24) is 15.5 Å². The summed E-state index contributed by atoms with van der Waals surface area (Å²) < 4.78 is 10.7. The second-order valence-corrected chi connectivity index (χ2v) is 5.37. The minimum atomic E-state index is 0.103. The number of likely N-dealkylation sites (N-methyl/N-ethyl adjacent to an activating group) is 1. The van der Waals surface area contributed by atoms with E-state index in [-0.39, 0.29) is 6.04 Å². The highest BCUT2D eigenvalue weighted by Crippen LogP contribution is 2.31. The Labute approximate surface area is 145 Å². The first kappa shape index (κ1) is 19.7. The number of ether oxygens (including phenoxy) is 2. The molecule has 6 heteroatoms. The molecule has 1 atom stereocenters. The van der Waals surface area contributed by atoms with Gasteiger partial charge in [-0.25, -0.2) is 0 Å². The van der Waals surface area contributed by atoms with Crippen molar-refractivity contribution < 1.29 is 9.47 Å². The Morgan fingerprint density at radius 1 is 1.25 bits per heavy atom. The van der Waals surface area contributed by atoms with Crippen molar-refractivity contribution in [1.29, 1.82) is 0 Å². The first-order valence-corrected chi connectivity index (χ1v) is 7.91. The molecule has 1 aromatic rings. The third kappa shape index (κ3) is 5.67. The Morgan fingerprint density at radius 2 is 1.96 bits per heavy atom. The van der Waals surface area contributed by atoms with Gasteiger partial charge in [0, 0.05) is 6.54 Å². The van der Waals surface area contributed by atoms with Crippen molar-refractivity contribution in [3.8, 4) is 23.8 Å². The molecule has 0 aliphatic heterocycles. The van der Waals surface area contributed by atoms with Crippen LogP contribution in [0.25, 0.3) is 0 Å². The number of hydrogen-bond acceptors (Lipinski definition) is 4. The van der Waals surface area contributed by atoms with Crippen LogP contribution in [0.15, 0.2) is 23.2 Å². The summed E-state index contributed by atoms with van der Waals surface area (Å²) in [6, 6.07) is 6.03. The highest BCUT2D eigenvalue weighted by Gasteiger charge is 2.16. The van der Waals surface area contributed by atoms with Crippen LogP contribution in [0.4, 0.5) is 0 Å². The number of terminal acetylenes is 1. The first-order valence-electron chi connectivity index (χ1n) is 7.91. The minimum absolute atomic E-state index is 0.103. The summed E-state index contributed by atoms with van der Waals surface area (Å²) in [7, 11) is 7.32. The number of benzene rings is 1. The van der Waals surface area contributed by atoms with Gasteiger partial charge in [-0.3, -0.25) is 4.99 Å². The molecule has 132 valence electrons. The average molecular weight is 332 g/mol. The lowest BCUT2D eigenvalue weighted by Crippen LogP contribution is -2.38. The monoisotopic (exact) mass is 332 g/mol. The molecule has 0 amide bonds. The van der Waals surface area contributed by atoms with Gasteiger partial charge in [-0.05, 0) is 38.7 Å². The minimum Gasteiger partial charge on any atom is -0.493 e. The molecular weight excluding hydrogens is 304 g/mol. The molecule has 24 heavy (non-hydrogen) atoms. The maximum Gasteiger partial charge on any atom is 0.192 e. The van der Waals surface area contributed by atoms with E-state index in [0.717, 1.165) is 12.1 Å².